The molecule has 0 amide bonds. The summed E-state index contributed by atoms with van der Waals surface area (Å²) in [7, 11) is 1.28. The fourth-order valence-corrected chi connectivity index (χ4v) is 1.65. The van der Waals surface area contributed by atoms with Crippen LogP contribution in [0.3, 0.4) is 0 Å². The van der Waals surface area contributed by atoms with E-state index in [1.54, 1.807) is 0 Å². The second-order valence-corrected chi connectivity index (χ2v) is 4.59. The molecule has 0 unspecified atom stereocenters. The molecule has 21 heavy (non-hydrogen) atoms. The van der Waals surface area contributed by atoms with Crippen LogP contribution in [0.4, 0.5) is 0 Å². The maximum absolute atomic E-state index is 11.7. The molecule has 8 heteroatoms. The first-order chi connectivity index (χ1) is 10.2. The molecule has 0 atom stereocenters. The fraction of sp³-hybridized carbons (Fsp3) is 0.923. The van der Waals surface area contributed by atoms with E-state index in [0.29, 0.717) is 52.9 Å². The van der Waals surface area contributed by atoms with Gasteiger partial charge in [-0.05, 0) is 0 Å². The van der Waals surface area contributed by atoms with Crippen LogP contribution in [0, 0.1) is 0 Å². The lowest BCUT2D eigenvalue weighted by Gasteiger charge is -2.26. The lowest BCUT2D eigenvalue weighted by molar-refractivity contribution is -0.153. The second-order valence-electron chi connectivity index (χ2n) is 4.59. The van der Waals surface area contributed by atoms with Crippen LogP contribution < -0.4 is 5.73 Å². The largest absolute Gasteiger partial charge is 0.468 e. The highest BCUT2D eigenvalue weighted by atomic mass is 16.6. The van der Waals surface area contributed by atoms with Crippen molar-refractivity contribution in [3.8, 4) is 0 Å². The first-order valence-corrected chi connectivity index (χ1v) is 6.95. The van der Waals surface area contributed by atoms with Crippen molar-refractivity contribution in [3.05, 3.63) is 0 Å². The standard InChI is InChI=1S/C13H25NO7/c1-16-12(15)13(14)10-20-8-6-18-4-2-17-3-5-19-7-9-21-11-13/h2-11,14H2,1H3. The van der Waals surface area contributed by atoms with Gasteiger partial charge in [0.15, 0.2) is 5.54 Å². The molecule has 0 spiro atoms. The highest BCUT2D eigenvalue weighted by Crippen LogP contribution is 2.06. The summed E-state index contributed by atoms with van der Waals surface area (Å²) in [5.74, 6) is -0.571. The summed E-state index contributed by atoms with van der Waals surface area (Å²) in [4.78, 5) is 11.7. The van der Waals surface area contributed by atoms with Gasteiger partial charge < -0.3 is 34.2 Å². The Morgan fingerprint density at radius 2 is 1.14 bits per heavy atom. The van der Waals surface area contributed by atoms with Crippen LogP contribution in [0.25, 0.3) is 0 Å². The van der Waals surface area contributed by atoms with E-state index < -0.39 is 11.5 Å². The Kier molecular flexibility index (Phi) is 9.48. The number of carbonyl (C=O) groups excluding carboxylic acids is 1. The van der Waals surface area contributed by atoms with Crippen LogP contribution in [-0.2, 0) is 33.2 Å². The van der Waals surface area contributed by atoms with E-state index in [-0.39, 0.29) is 13.2 Å². The third-order valence-electron chi connectivity index (χ3n) is 2.80. The highest BCUT2D eigenvalue weighted by molar-refractivity contribution is 5.80. The number of nitrogens with two attached hydrogens (primary N) is 1. The van der Waals surface area contributed by atoms with Gasteiger partial charge in [0.25, 0.3) is 0 Å². The summed E-state index contributed by atoms with van der Waals surface area (Å²) >= 11 is 0. The lowest BCUT2D eigenvalue weighted by Crippen LogP contribution is -2.56. The van der Waals surface area contributed by atoms with E-state index in [4.69, 9.17) is 34.2 Å². The van der Waals surface area contributed by atoms with Crippen LogP contribution in [0.1, 0.15) is 0 Å². The molecule has 0 aromatic heterocycles. The molecular formula is C13H25NO7. The highest BCUT2D eigenvalue weighted by Gasteiger charge is 2.36. The Morgan fingerprint density at radius 1 is 0.810 bits per heavy atom. The van der Waals surface area contributed by atoms with Gasteiger partial charge in [-0.1, -0.05) is 0 Å². The normalized spacial score (nSPS) is 23.3. The Bertz CT molecular complexity index is 272. The molecule has 8 nitrogen and oxygen atoms in total. The van der Waals surface area contributed by atoms with Crippen molar-refractivity contribution in [1.29, 1.82) is 0 Å². The molecule has 0 bridgehead atoms. The molecule has 1 aliphatic heterocycles. The number of rotatable bonds is 1. The van der Waals surface area contributed by atoms with Gasteiger partial charge in [0.1, 0.15) is 0 Å². The maximum Gasteiger partial charge on any atom is 0.330 e. The summed E-state index contributed by atoms with van der Waals surface area (Å²) in [6.45, 7) is 3.44. The first-order valence-electron chi connectivity index (χ1n) is 6.95. The third kappa shape index (κ3) is 7.70. The van der Waals surface area contributed by atoms with Gasteiger partial charge in [-0.2, -0.15) is 0 Å². The number of carbonyl (C=O) groups is 1. The monoisotopic (exact) mass is 307 g/mol. The van der Waals surface area contributed by atoms with Gasteiger partial charge in [0, 0.05) is 0 Å². The van der Waals surface area contributed by atoms with Crippen molar-refractivity contribution in [1.82, 2.24) is 0 Å². The van der Waals surface area contributed by atoms with Gasteiger partial charge in [0.05, 0.1) is 73.2 Å². The molecule has 2 N–H and O–H groups in total. The van der Waals surface area contributed by atoms with E-state index in [0.717, 1.165) is 0 Å². The number of hydrogen-bond acceptors (Lipinski definition) is 8. The third-order valence-corrected chi connectivity index (χ3v) is 2.80. The van der Waals surface area contributed by atoms with E-state index in [9.17, 15) is 4.79 Å². The topological polar surface area (TPSA) is 98.5 Å². The number of esters is 1. The average molecular weight is 307 g/mol. The maximum atomic E-state index is 11.7. The van der Waals surface area contributed by atoms with E-state index in [1.807, 2.05) is 0 Å². The molecule has 0 aromatic rings. The van der Waals surface area contributed by atoms with Gasteiger partial charge in [0.2, 0.25) is 0 Å². The molecule has 1 saturated heterocycles. The minimum absolute atomic E-state index is 0.000387. The zero-order valence-corrected chi connectivity index (χ0v) is 12.5. The summed E-state index contributed by atoms with van der Waals surface area (Å²) in [5.41, 5.74) is 4.67. The van der Waals surface area contributed by atoms with Gasteiger partial charge in [-0.25, -0.2) is 4.79 Å². The molecule has 1 aliphatic rings. The Morgan fingerprint density at radius 3 is 1.48 bits per heavy atom. The van der Waals surface area contributed by atoms with Gasteiger partial charge >= 0.3 is 5.97 Å². The lowest BCUT2D eigenvalue weighted by atomic mass is 10.0. The van der Waals surface area contributed by atoms with Gasteiger partial charge in [-0.15, -0.1) is 0 Å². The Labute approximate surface area is 124 Å². The quantitative estimate of drug-likeness (QED) is 0.613. The number of hydrogen-bond donors (Lipinski definition) is 1. The van der Waals surface area contributed by atoms with Gasteiger partial charge in [-0.3, -0.25) is 0 Å². The minimum Gasteiger partial charge on any atom is -0.468 e. The Hall–Kier alpha value is -0.770. The van der Waals surface area contributed by atoms with Crippen molar-refractivity contribution in [2.45, 2.75) is 5.54 Å². The first kappa shape index (κ1) is 18.3. The summed E-state index contributed by atoms with van der Waals surface area (Å²) in [6, 6.07) is 0. The van der Waals surface area contributed by atoms with E-state index >= 15 is 0 Å². The molecular weight excluding hydrogens is 282 g/mol. The van der Waals surface area contributed by atoms with Crippen LogP contribution >= 0.6 is 0 Å². The molecule has 0 aromatic carbocycles. The molecule has 0 radical (unpaired) electrons. The molecule has 1 fully saturated rings. The molecule has 124 valence electrons. The zero-order chi connectivity index (χ0) is 15.4. The average Bonchev–Trinajstić information content (AvgIpc) is 2.49. The molecule has 0 saturated carbocycles. The van der Waals surface area contributed by atoms with Crippen LogP contribution in [0.5, 0.6) is 0 Å². The van der Waals surface area contributed by atoms with Crippen molar-refractivity contribution in [2.24, 2.45) is 5.73 Å². The molecule has 1 heterocycles. The predicted octanol–water partition coefficient (Wildman–Crippen LogP) is -1.05. The Balaban J connectivity index is 2.43. The SMILES string of the molecule is COC(=O)C1(N)COCCOCCOCCOCCOC1. The van der Waals surface area contributed by atoms with Crippen molar-refractivity contribution >= 4 is 5.97 Å². The minimum atomic E-state index is -1.32. The molecule has 0 aliphatic carbocycles. The summed E-state index contributed by atoms with van der Waals surface area (Å²) < 4.78 is 31.4. The van der Waals surface area contributed by atoms with Crippen LogP contribution in [-0.4, -0.2) is 84.7 Å². The van der Waals surface area contributed by atoms with E-state index in [1.165, 1.54) is 7.11 Å². The van der Waals surface area contributed by atoms with E-state index in [2.05, 4.69) is 0 Å². The predicted molar refractivity (Wildman–Crippen MR) is 73.0 cm³/mol. The zero-order valence-electron chi connectivity index (χ0n) is 12.5. The molecule has 1 rings (SSSR count). The summed E-state index contributed by atoms with van der Waals surface area (Å²) in [6.07, 6.45) is 0. The van der Waals surface area contributed by atoms with Crippen molar-refractivity contribution in [3.63, 3.8) is 0 Å². The van der Waals surface area contributed by atoms with Crippen molar-refractivity contribution in [2.75, 3.05) is 73.2 Å². The fourth-order valence-electron chi connectivity index (χ4n) is 1.65. The smallest absolute Gasteiger partial charge is 0.330 e. The van der Waals surface area contributed by atoms with Crippen LogP contribution in [0.2, 0.25) is 0 Å². The summed E-state index contributed by atoms with van der Waals surface area (Å²) in [5, 5.41) is 0. The van der Waals surface area contributed by atoms with Crippen molar-refractivity contribution < 1.29 is 33.2 Å². The second kappa shape index (κ2) is 10.9. The number of ether oxygens (including phenoxy) is 6. The number of methoxy groups -OCH3 is 1. The van der Waals surface area contributed by atoms with Crippen LogP contribution in [0.15, 0.2) is 0 Å².